The molecule has 0 N–H and O–H groups in total. The van der Waals surface area contributed by atoms with Gasteiger partial charge in [0, 0.05) is 6.04 Å². The fourth-order valence-electron chi connectivity index (χ4n) is 2.78. The Morgan fingerprint density at radius 3 is 2.59 bits per heavy atom. The van der Waals surface area contributed by atoms with Gasteiger partial charge in [0.2, 0.25) is 0 Å². The molecular formula is C16H25N. The molecule has 1 heteroatoms. The third-order valence-corrected chi connectivity index (χ3v) is 3.95. The fourth-order valence-corrected chi connectivity index (χ4v) is 2.78. The van der Waals surface area contributed by atoms with E-state index in [0.717, 1.165) is 0 Å². The van der Waals surface area contributed by atoms with Gasteiger partial charge >= 0.3 is 0 Å². The van der Waals surface area contributed by atoms with Crippen LogP contribution in [0.2, 0.25) is 0 Å². The van der Waals surface area contributed by atoms with Crippen molar-refractivity contribution in [2.45, 2.75) is 51.5 Å². The lowest BCUT2D eigenvalue weighted by molar-refractivity contribution is 0.187. The van der Waals surface area contributed by atoms with Crippen LogP contribution in [0, 0.1) is 0 Å². The number of likely N-dealkylation sites (tertiary alicyclic amines) is 1. The van der Waals surface area contributed by atoms with Crippen molar-refractivity contribution in [3.05, 3.63) is 35.4 Å². The van der Waals surface area contributed by atoms with Crippen molar-refractivity contribution in [1.82, 2.24) is 4.90 Å². The molecule has 0 saturated carbocycles. The van der Waals surface area contributed by atoms with E-state index in [1.54, 1.807) is 0 Å². The van der Waals surface area contributed by atoms with E-state index in [4.69, 9.17) is 0 Å². The van der Waals surface area contributed by atoms with Crippen LogP contribution in [0.25, 0.3) is 0 Å². The van der Waals surface area contributed by atoms with E-state index in [1.807, 2.05) is 0 Å². The Morgan fingerprint density at radius 1 is 1.18 bits per heavy atom. The number of aryl methyl sites for hydroxylation is 1. The molecule has 1 atom stereocenters. The Labute approximate surface area is 106 Å². The van der Waals surface area contributed by atoms with Crippen molar-refractivity contribution in [1.29, 1.82) is 0 Å². The smallest absolute Gasteiger partial charge is 0.0345 e. The minimum Gasteiger partial charge on any atom is -0.299 e. The van der Waals surface area contributed by atoms with E-state index in [0.29, 0.717) is 6.04 Å². The third-order valence-electron chi connectivity index (χ3n) is 3.95. The number of hydrogen-bond donors (Lipinski definition) is 0. The summed E-state index contributed by atoms with van der Waals surface area (Å²) in [5.41, 5.74) is 3.00. The number of piperidine rings is 1. The van der Waals surface area contributed by atoms with Crippen molar-refractivity contribution < 1.29 is 0 Å². The zero-order valence-electron chi connectivity index (χ0n) is 11.3. The molecule has 0 spiro atoms. The van der Waals surface area contributed by atoms with E-state index in [9.17, 15) is 0 Å². The highest BCUT2D eigenvalue weighted by molar-refractivity contribution is 5.25. The maximum Gasteiger partial charge on any atom is 0.0345 e. The van der Waals surface area contributed by atoms with Gasteiger partial charge in [-0.05, 0) is 50.4 Å². The summed E-state index contributed by atoms with van der Waals surface area (Å²) >= 11 is 0. The summed E-state index contributed by atoms with van der Waals surface area (Å²) in [6.45, 7) is 3.51. The second kappa shape index (κ2) is 6.20. The molecule has 0 amide bonds. The van der Waals surface area contributed by atoms with Gasteiger partial charge < -0.3 is 0 Å². The van der Waals surface area contributed by atoms with Gasteiger partial charge in [0.25, 0.3) is 0 Å². The molecule has 0 aromatic heterocycles. The van der Waals surface area contributed by atoms with Gasteiger partial charge in [-0.3, -0.25) is 4.90 Å². The largest absolute Gasteiger partial charge is 0.299 e. The molecule has 1 nitrogen and oxygen atoms in total. The van der Waals surface area contributed by atoms with Crippen LogP contribution in [0.5, 0.6) is 0 Å². The number of hydrogen-bond acceptors (Lipinski definition) is 1. The summed E-state index contributed by atoms with van der Waals surface area (Å²) < 4.78 is 0. The Kier molecular flexibility index (Phi) is 4.61. The normalized spacial score (nSPS) is 21.6. The maximum absolute atomic E-state index is 2.50. The minimum absolute atomic E-state index is 0.656. The molecule has 1 aliphatic rings. The van der Waals surface area contributed by atoms with Crippen LogP contribution in [-0.2, 0) is 6.42 Å². The standard InChI is InChI=1S/C16H25N/c1-3-4-7-14-9-11-15(12-10-14)16-8-5-6-13-17(16)2/h9-12,16H,3-8,13H2,1-2H3. The van der Waals surface area contributed by atoms with Gasteiger partial charge in [-0.2, -0.15) is 0 Å². The van der Waals surface area contributed by atoms with Crippen LogP contribution in [0.4, 0.5) is 0 Å². The predicted molar refractivity (Wildman–Crippen MR) is 74.3 cm³/mol. The highest BCUT2D eigenvalue weighted by Gasteiger charge is 2.20. The van der Waals surface area contributed by atoms with Gasteiger partial charge in [-0.15, -0.1) is 0 Å². The second-order valence-electron chi connectivity index (χ2n) is 5.34. The molecule has 1 heterocycles. The lowest BCUT2D eigenvalue weighted by Crippen LogP contribution is -2.29. The van der Waals surface area contributed by atoms with Crippen LogP contribution in [0.3, 0.4) is 0 Å². The van der Waals surface area contributed by atoms with Gasteiger partial charge in [0.05, 0.1) is 0 Å². The molecule has 1 aliphatic heterocycles. The van der Waals surface area contributed by atoms with E-state index in [1.165, 1.54) is 56.2 Å². The topological polar surface area (TPSA) is 3.24 Å². The summed E-state index contributed by atoms with van der Waals surface area (Å²) in [5, 5.41) is 0. The first-order chi connectivity index (χ1) is 8.31. The monoisotopic (exact) mass is 231 g/mol. The zero-order valence-corrected chi connectivity index (χ0v) is 11.3. The Hall–Kier alpha value is -0.820. The predicted octanol–water partition coefficient (Wildman–Crippen LogP) is 4.19. The Morgan fingerprint density at radius 2 is 1.94 bits per heavy atom. The number of nitrogens with zero attached hydrogens (tertiary/aromatic N) is 1. The Balaban J connectivity index is 2.01. The van der Waals surface area contributed by atoms with E-state index in [2.05, 4.69) is 43.1 Å². The van der Waals surface area contributed by atoms with E-state index >= 15 is 0 Å². The van der Waals surface area contributed by atoms with E-state index in [-0.39, 0.29) is 0 Å². The first kappa shape index (κ1) is 12.6. The molecule has 1 unspecified atom stereocenters. The zero-order chi connectivity index (χ0) is 12.1. The first-order valence-electron chi connectivity index (χ1n) is 7.10. The van der Waals surface area contributed by atoms with E-state index < -0.39 is 0 Å². The van der Waals surface area contributed by atoms with Crippen molar-refractivity contribution in [3.63, 3.8) is 0 Å². The summed E-state index contributed by atoms with van der Waals surface area (Å²) in [7, 11) is 2.26. The lowest BCUT2D eigenvalue weighted by Gasteiger charge is -2.32. The fraction of sp³-hybridized carbons (Fsp3) is 0.625. The third kappa shape index (κ3) is 3.32. The Bertz CT molecular complexity index is 328. The summed E-state index contributed by atoms with van der Waals surface area (Å²) in [5.74, 6) is 0. The van der Waals surface area contributed by atoms with Gasteiger partial charge in [-0.1, -0.05) is 44.0 Å². The van der Waals surface area contributed by atoms with Crippen LogP contribution in [0.15, 0.2) is 24.3 Å². The molecule has 1 saturated heterocycles. The molecule has 0 bridgehead atoms. The quantitative estimate of drug-likeness (QED) is 0.751. The van der Waals surface area contributed by atoms with Gasteiger partial charge in [0.15, 0.2) is 0 Å². The summed E-state index contributed by atoms with van der Waals surface area (Å²) in [4.78, 5) is 2.50. The van der Waals surface area contributed by atoms with Crippen molar-refractivity contribution in [2.75, 3.05) is 13.6 Å². The summed E-state index contributed by atoms with van der Waals surface area (Å²) in [6, 6.07) is 10.00. The number of benzene rings is 1. The average molecular weight is 231 g/mol. The van der Waals surface area contributed by atoms with Crippen molar-refractivity contribution in [2.24, 2.45) is 0 Å². The molecular weight excluding hydrogens is 206 g/mol. The number of rotatable bonds is 4. The molecule has 2 rings (SSSR count). The van der Waals surface area contributed by atoms with Gasteiger partial charge in [0.1, 0.15) is 0 Å². The first-order valence-corrected chi connectivity index (χ1v) is 7.10. The van der Waals surface area contributed by atoms with Crippen LogP contribution in [0.1, 0.15) is 56.2 Å². The van der Waals surface area contributed by atoms with Crippen LogP contribution >= 0.6 is 0 Å². The summed E-state index contributed by atoms with van der Waals surface area (Å²) in [6.07, 6.45) is 7.89. The minimum atomic E-state index is 0.656. The number of unbranched alkanes of at least 4 members (excludes halogenated alkanes) is 1. The molecule has 0 radical (unpaired) electrons. The van der Waals surface area contributed by atoms with Crippen molar-refractivity contribution in [3.8, 4) is 0 Å². The second-order valence-corrected chi connectivity index (χ2v) is 5.34. The lowest BCUT2D eigenvalue weighted by atomic mass is 9.94. The molecule has 1 aromatic carbocycles. The average Bonchev–Trinajstić information content (AvgIpc) is 2.38. The molecule has 1 aromatic rings. The molecule has 94 valence electrons. The highest BCUT2D eigenvalue weighted by Crippen LogP contribution is 2.29. The van der Waals surface area contributed by atoms with Crippen LogP contribution < -0.4 is 0 Å². The van der Waals surface area contributed by atoms with Gasteiger partial charge in [-0.25, -0.2) is 0 Å². The highest BCUT2D eigenvalue weighted by atomic mass is 15.1. The molecule has 17 heavy (non-hydrogen) atoms. The SMILES string of the molecule is CCCCc1ccc(C2CCCCN2C)cc1. The maximum atomic E-state index is 2.50. The van der Waals surface area contributed by atoms with Crippen molar-refractivity contribution >= 4 is 0 Å². The van der Waals surface area contributed by atoms with Crippen LogP contribution in [-0.4, -0.2) is 18.5 Å². The molecule has 0 aliphatic carbocycles. The molecule has 1 fully saturated rings.